The Kier molecular flexibility index (Phi) is 3.48. The Morgan fingerprint density at radius 2 is 2.08 bits per heavy atom. The van der Waals surface area contributed by atoms with Crippen molar-refractivity contribution in [1.29, 1.82) is 0 Å². The van der Waals surface area contributed by atoms with Crippen molar-refractivity contribution in [2.45, 2.75) is 11.5 Å². The van der Waals surface area contributed by atoms with Crippen molar-refractivity contribution in [2.24, 2.45) is 0 Å². The Morgan fingerprint density at radius 1 is 1.38 bits per heavy atom. The minimum Gasteiger partial charge on any atom is -0.434 e. The van der Waals surface area contributed by atoms with Gasteiger partial charge in [0.25, 0.3) is 0 Å². The zero-order valence-electron chi connectivity index (χ0n) is 6.76. The summed E-state index contributed by atoms with van der Waals surface area (Å²) in [5, 5.41) is 0. The van der Waals surface area contributed by atoms with Crippen molar-refractivity contribution in [3.8, 4) is 5.75 Å². The quantitative estimate of drug-likeness (QED) is 0.705. The first-order valence-corrected chi connectivity index (χ1v) is 4.64. The van der Waals surface area contributed by atoms with Crippen LogP contribution in [0.3, 0.4) is 0 Å². The Bertz CT molecular complexity index is 291. The molecular weight excluding hydrogens is 201 g/mol. The number of thioether (sulfide) groups is 1. The summed E-state index contributed by atoms with van der Waals surface area (Å²) in [5.41, 5.74) is 0. The Balaban J connectivity index is 2.92. The van der Waals surface area contributed by atoms with E-state index < -0.39 is 12.4 Å². The zero-order chi connectivity index (χ0) is 9.84. The van der Waals surface area contributed by atoms with Gasteiger partial charge in [-0.25, -0.2) is 4.39 Å². The molecule has 0 radical (unpaired) electrons. The van der Waals surface area contributed by atoms with Gasteiger partial charge < -0.3 is 4.74 Å². The topological polar surface area (TPSA) is 9.23 Å². The third-order valence-electron chi connectivity index (χ3n) is 1.34. The third kappa shape index (κ3) is 2.84. The first kappa shape index (κ1) is 10.2. The number of hydrogen-bond donors (Lipinski definition) is 0. The zero-order valence-corrected chi connectivity index (χ0v) is 7.58. The molecule has 13 heavy (non-hydrogen) atoms. The largest absolute Gasteiger partial charge is 0.434 e. The Labute approximate surface area is 77.9 Å². The Morgan fingerprint density at radius 3 is 2.62 bits per heavy atom. The smallest absolute Gasteiger partial charge is 0.387 e. The maximum atomic E-state index is 12.6. The SMILES string of the molecule is CSc1cc(F)ccc1OC(F)F. The summed E-state index contributed by atoms with van der Waals surface area (Å²) in [5.74, 6) is -0.463. The van der Waals surface area contributed by atoms with Gasteiger partial charge in [0.05, 0.1) is 4.90 Å². The van der Waals surface area contributed by atoms with Gasteiger partial charge in [-0.3, -0.25) is 0 Å². The van der Waals surface area contributed by atoms with Gasteiger partial charge >= 0.3 is 6.61 Å². The van der Waals surface area contributed by atoms with Crippen LogP contribution in [0.2, 0.25) is 0 Å². The van der Waals surface area contributed by atoms with E-state index in [1.807, 2.05) is 0 Å². The van der Waals surface area contributed by atoms with Crippen molar-refractivity contribution in [2.75, 3.05) is 6.26 Å². The summed E-state index contributed by atoms with van der Waals surface area (Å²) in [4.78, 5) is 0.361. The molecule has 0 unspecified atom stereocenters. The molecule has 0 N–H and O–H groups in total. The van der Waals surface area contributed by atoms with Gasteiger partial charge in [0, 0.05) is 0 Å². The lowest BCUT2D eigenvalue weighted by Crippen LogP contribution is -2.02. The second kappa shape index (κ2) is 4.41. The van der Waals surface area contributed by atoms with Gasteiger partial charge in [0.1, 0.15) is 11.6 Å². The van der Waals surface area contributed by atoms with Crippen LogP contribution >= 0.6 is 11.8 Å². The fourth-order valence-corrected chi connectivity index (χ4v) is 1.38. The van der Waals surface area contributed by atoms with Crippen molar-refractivity contribution < 1.29 is 17.9 Å². The van der Waals surface area contributed by atoms with Gasteiger partial charge in [-0.15, -0.1) is 11.8 Å². The van der Waals surface area contributed by atoms with Crippen LogP contribution in [0.15, 0.2) is 23.1 Å². The van der Waals surface area contributed by atoms with E-state index in [-0.39, 0.29) is 5.75 Å². The molecular formula is C8H7F3OS. The molecule has 1 nitrogen and oxygen atoms in total. The number of ether oxygens (including phenoxy) is 1. The molecule has 0 aliphatic rings. The molecule has 72 valence electrons. The fraction of sp³-hybridized carbons (Fsp3) is 0.250. The molecule has 0 bridgehead atoms. The molecule has 1 rings (SSSR count). The minimum atomic E-state index is -2.88. The summed E-state index contributed by atoms with van der Waals surface area (Å²) in [6.45, 7) is -2.88. The van der Waals surface area contributed by atoms with Crippen LogP contribution < -0.4 is 4.74 Å². The van der Waals surface area contributed by atoms with Gasteiger partial charge in [0.2, 0.25) is 0 Å². The van der Waals surface area contributed by atoms with E-state index >= 15 is 0 Å². The molecule has 0 amide bonds. The molecule has 1 aromatic carbocycles. The number of benzene rings is 1. The molecule has 5 heteroatoms. The molecule has 0 atom stereocenters. The third-order valence-corrected chi connectivity index (χ3v) is 2.10. The second-order valence-electron chi connectivity index (χ2n) is 2.17. The number of hydrogen-bond acceptors (Lipinski definition) is 2. The van der Waals surface area contributed by atoms with Gasteiger partial charge in [-0.2, -0.15) is 8.78 Å². The first-order valence-electron chi connectivity index (χ1n) is 3.42. The summed E-state index contributed by atoms with van der Waals surface area (Å²) < 4.78 is 40.4. The lowest BCUT2D eigenvalue weighted by molar-refractivity contribution is -0.0517. The maximum Gasteiger partial charge on any atom is 0.387 e. The maximum absolute atomic E-state index is 12.6. The summed E-state index contributed by atoms with van der Waals surface area (Å²) >= 11 is 1.15. The highest BCUT2D eigenvalue weighted by atomic mass is 32.2. The first-order chi connectivity index (χ1) is 6.13. The molecule has 0 heterocycles. The molecule has 0 saturated carbocycles. The minimum absolute atomic E-state index is 0.00361. The lowest BCUT2D eigenvalue weighted by Gasteiger charge is -2.08. The van der Waals surface area contributed by atoms with Crippen molar-refractivity contribution >= 4 is 11.8 Å². The molecule has 0 spiro atoms. The molecule has 1 aromatic rings. The van der Waals surface area contributed by atoms with Crippen LogP contribution in [-0.2, 0) is 0 Å². The Hall–Kier alpha value is -0.840. The van der Waals surface area contributed by atoms with Gasteiger partial charge in [-0.05, 0) is 24.5 Å². The number of rotatable bonds is 3. The van der Waals surface area contributed by atoms with Crippen molar-refractivity contribution in [3.05, 3.63) is 24.0 Å². The van der Waals surface area contributed by atoms with Crippen LogP contribution in [0, 0.1) is 5.82 Å². The number of halogens is 3. The highest BCUT2D eigenvalue weighted by molar-refractivity contribution is 7.98. The van der Waals surface area contributed by atoms with Gasteiger partial charge in [0.15, 0.2) is 0 Å². The van der Waals surface area contributed by atoms with Crippen molar-refractivity contribution in [3.63, 3.8) is 0 Å². The van der Waals surface area contributed by atoms with E-state index in [4.69, 9.17) is 0 Å². The average Bonchev–Trinajstić information content (AvgIpc) is 2.07. The standard InChI is InChI=1S/C8H7F3OS/c1-13-7-4-5(9)2-3-6(7)12-8(10)11/h2-4,8H,1H3. The van der Waals surface area contributed by atoms with E-state index in [1.165, 1.54) is 6.07 Å². The normalized spacial score (nSPS) is 10.5. The number of alkyl halides is 2. The summed E-state index contributed by atoms with van der Waals surface area (Å²) in [7, 11) is 0. The predicted octanol–water partition coefficient (Wildman–Crippen LogP) is 3.15. The highest BCUT2D eigenvalue weighted by Crippen LogP contribution is 2.29. The molecule has 0 saturated heterocycles. The monoisotopic (exact) mass is 208 g/mol. The molecule has 0 fully saturated rings. The molecule has 0 aliphatic heterocycles. The predicted molar refractivity (Wildman–Crippen MR) is 44.8 cm³/mol. The highest BCUT2D eigenvalue weighted by Gasteiger charge is 2.09. The molecule has 0 aliphatic carbocycles. The van der Waals surface area contributed by atoms with Crippen LogP contribution in [-0.4, -0.2) is 12.9 Å². The van der Waals surface area contributed by atoms with E-state index in [0.29, 0.717) is 4.90 Å². The fourth-order valence-electron chi connectivity index (χ4n) is 0.835. The van der Waals surface area contributed by atoms with Crippen LogP contribution in [0.1, 0.15) is 0 Å². The van der Waals surface area contributed by atoms with Crippen LogP contribution in [0.25, 0.3) is 0 Å². The van der Waals surface area contributed by atoms with E-state index in [0.717, 1.165) is 23.9 Å². The summed E-state index contributed by atoms with van der Waals surface area (Å²) in [6, 6.07) is 3.42. The van der Waals surface area contributed by atoms with E-state index in [2.05, 4.69) is 4.74 Å². The van der Waals surface area contributed by atoms with Crippen LogP contribution in [0.5, 0.6) is 5.75 Å². The van der Waals surface area contributed by atoms with E-state index in [1.54, 1.807) is 6.26 Å². The van der Waals surface area contributed by atoms with Crippen molar-refractivity contribution in [1.82, 2.24) is 0 Å². The molecule has 0 aromatic heterocycles. The van der Waals surface area contributed by atoms with Crippen LogP contribution in [0.4, 0.5) is 13.2 Å². The second-order valence-corrected chi connectivity index (χ2v) is 3.02. The lowest BCUT2D eigenvalue weighted by atomic mass is 10.3. The van der Waals surface area contributed by atoms with E-state index in [9.17, 15) is 13.2 Å². The average molecular weight is 208 g/mol. The summed E-state index contributed by atoms with van der Waals surface area (Å²) in [6.07, 6.45) is 1.66. The van der Waals surface area contributed by atoms with Gasteiger partial charge in [-0.1, -0.05) is 0 Å².